The van der Waals surface area contributed by atoms with E-state index in [2.05, 4.69) is 9.97 Å². The van der Waals surface area contributed by atoms with E-state index in [1.165, 1.54) is 0 Å². The predicted octanol–water partition coefficient (Wildman–Crippen LogP) is 3.41. The molecule has 0 bridgehead atoms. The number of H-pyrrole nitrogens is 1. The van der Waals surface area contributed by atoms with Gasteiger partial charge in [-0.3, -0.25) is 14.6 Å². The zero-order valence-electron chi connectivity index (χ0n) is 11.4. The van der Waals surface area contributed by atoms with Crippen molar-refractivity contribution in [3.8, 4) is 0 Å². The molecule has 0 fully saturated rings. The van der Waals surface area contributed by atoms with Gasteiger partial charge >= 0.3 is 0 Å². The largest absolute Gasteiger partial charge is 0.361 e. The number of aromatic nitrogens is 2. The molecule has 3 aromatic rings. The van der Waals surface area contributed by atoms with E-state index in [0.717, 1.165) is 10.9 Å². The summed E-state index contributed by atoms with van der Waals surface area (Å²) in [7, 11) is 0. The molecule has 4 heteroatoms. The predicted molar refractivity (Wildman–Crippen MR) is 80.4 cm³/mol. The summed E-state index contributed by atoms with van der Waals surface area (Å²) in [5.41, 5.74) is 2.24. The number of rotatable bonds is 5. The maximum Gasteiger partial charge on any atom is 0.163 e. The molecule has 0 aliphatic rings. The summed E-state index contributed by atoms with van der Waals surface area (Å²) in [5.74, 6) is -0.0472. The second kappa shape index (κ2) is 5.71. The molecule has 104 valence electrons. The lowest BCUT2D eigenvalue weighted by molar-refractivity contribution is 0.0917. The summed E-state index contributed by atoms with van der Waals surface area (Å²) in [4.78, 5) is 31.1. The summed E-state index contributed by atoms with van der Waals surface area (Å²) in [6.07, 6.45) is 5.43. The number of ketones is 2. The first-order valence-corrected chi connectivity index (χ1v) is 6.77. The molecule has 4 nitrogen and oxygen atoms in total. The van der Waals surface area contributed by atoms with Gasteiger partial charge in [-0.1, -0.05) is 0 Å². The smallest absolute Gasteiger partial charge is 0.163 e. The van der Waals surface area contributed by atoms with Crippen molar-refractivity contribution in [3.05, 3.63) is 66.1 Å². The number of nitrogens with one attached hydrogen (secondary N) is 1. The quantitative estimate of drug-likeness (QED) is 0.727. The minimum absolute atomic E-state index is 0.0134. The maximum absolute atomic E-state index is 12.2. The zero-order valence-corrected chi connectivity index (χ0v) is 11.4. The van der Waals surface area contributed by atoms with Crippen LogP contribution in [0.15, 0.2) is 55.0 Å². The van der Waals surface area contributed by atoms with E-state index >= 15 is 0 Å². The zero-order chi connectivity index (χ0) is 14.7. The third-order valence-electron chi connectivity index (χ3n) is 3.46. The van der Waals surface area contributed by atoms with Gasteiger partial charge < -0.3 is 4.98 Å². The summed E-state index contributed by atoms with van der Waals surface area (Å²) in [5, 5.41) is 1.00. The number of carbonyl (C=O) groups excluding carboxylic acids is 2. The molecule has 2 aromatic heterocycles. The maximum atomic E-state index is 12.2. The van der Waals surface area contributed by atoms with Crippen LogP contribution in [0.4, 0.5) is 0 Å². The van der Waals surface area contributed by atoms with Gasteiger partial charge in [-0.15, -0.1) is 0 Å². The highest BCUT2D eigenvalue weighted by atomic mass is 16.1. The number of benzene rings is 1. The number of nitrogens with zero attached hydrogens (tertiary/aromatic N) is 1. The second-order valence-electron chi connectivity index (χ2n) is 4.86. The van der Waals surface area contributed by atoms with Crippen LogP contribution < -0.4 is 0 Å². The Morgan fingerprint density at radius 2 is 1.62 bits per heavy atom. The van der Waals surface area contributed by atoms with Gasteiger partial charge in [0.2, 0.25) is 0 Å². The molecule has 0 atom stereocenters. The van der Waals surface area contributed by atoms with E-state index in [-0.39, 0.29) is 24.4 Å². The highest BCUT2D eigenvalue weighted by molar-refractivity contribution is 6.03. The number of Topliss-reactive ketones (excluding diaryl/α,β-unsaturated/α-hetero) is 2. The number of carbonyl (C=O) groups is 2. The Morgan fingerprint density at radius 3 is 2.38 bits per heavy atom. The van der Waals surface area contributed by atoms with Crippen molar-refractivity contribution < 1.29 is 9.59 Å². The Hall–Kier alpha value is -2.75. The molecule has 21 heavy (non-hydrogen) atoms. The molecule has 3 rings (SSSR count). The van der Waals surface area contributed by atoms with Crippen molar-refractivity contribution in [2.75, 3.05) is 0 Å². The average Bonchev–Trinajstić information content (AvgIpc) is 3.00. The first kappa shape index (κ1) is 13.2. The summed E-state index contributed by atoms with van der Waals surface area (Å²) >= 11 is 0. The number of fused-ring (bicyclic) bond motifs is 1. The van der Waals surface area contributed by atoms with Gasteiger partial charge in [0, 0.05) is 53.5 Å². The van der Waals surface area contributed by atoms with Crippen LogP contribution in [-0.2, 0) is 0 Å². The monoisotopic (exact) mass is 278 g/mol. The van der Waals surface area contributed by atoms with Crippen LogP contribution in [0.3, 0.4) is 0 Å². The molecule has 0 unspecified atom stereocenters. The van der Waals surface area contributed by atoms with Gasteiger partial charge in [-0.05, 0) is 36.4 Å². The summed E-state index contributed by atoms with van der Waals surface area (Å²) < 4.78 is 0. The molecule has 0 radical (unpaired) electrons. The normalized spacial score (nSPS) is 10.7. The molecule has 1 N–H and O–H groups in total. The molecule has 0 aliphatic carbocycles. The van der Waals surface area contributed by atoms with E-state index in [9.17, 15) is 9.59 Å². The van der Waals surface area contributed by atoms with Gasteiger partial charge in [0.1, 0.15) is 0 Å². The Kier molecular flexibility index (Phi) is 3.60. The first-order chi connectivity index (χ1) is 10.2. The molecule has 0 saturated heterocycles. The first-order valence-electron chi connectivity index (χ1n) is 6.77. The van der Waals surface area contributed by atoms with Gasteiger partial charge in [0.25, 0.3) is 0 Å². The Bertz CT molecular complexity index is 791. The Labute approximate surface area is 121 Å². The molecule has 0 spiro atoms. The summed E-state index contributed by atoms with van der Waals surface area (Å²) in [6.45, 7) is 0. The Balaban J connectivity index is 1.67. The van der Waals surface area contributed by atoms with E-state index in [0.29, 0.717) is 11.1 Å². The van der Waals surface area contributed by atoms with E-state index in [1.54, 1.807) is 30.6 Å². The topological polar surface area (TPSA) is 62.8 Å². The lowest BCUT2D eigenvalue weighted by Gasteiger charge is -2.02. The van der Waals surface area contributed by atoms with Crippen molar-refractivity contribution in [3.63, 3.8) is 0 Å². The van der Waals surface area contributed by atoms with Crippen LogP contribution in [0.5, 0.6) is 0 Å². The molecule has 0 amide bonds. The second-order valence-corrected chi connectivity index (χ2v) is 4.86. The highest BCUT2D eigenvalue weighted by Crippen LogP contribution is 2.16. The lowest BCUT2D eigenvalue weighted by Crippen LogP contribution is -2.05. The number of pyridine rings is 1. The van der Waals surface area contributed by atoms with Crippen LogP contribution >= 0.6 is 0 Å². The van der Waals surface area contributed by atoms with Gasteiger partial charge in [-0.25, -0.2) is 0 Å². The van der Waals surface area contributed by atoms with Crippen molar-refractivity contribution in [2.45, 2.75) is 12.8 Å². The van der Waals surface area contributed by atoms with Gasteiger partial charge in [-0.2, -0.15) is 0 Å². The fourth-order valence-electron chi connectivity index (χ4n) is 2.28. The SMILES string of the molecule is O=C(CCC(=O)c1ccc2[nH]ccc2c1)c1ccncc1. The fraction of sp³-hybridized carbons (Fsp3) is 0.118. The van der Waals surface area contributed by atoms with E-state index in [1.807, 2.05) is 24.4 Å². The van der Waals surface area contributed by atoms with Crippen molar-refractivity contribution in [1.29, 1.82) is 0 Å². The van der Waals surface area contributed by atoms with Crippen molar-refractivity contribution in [2.24, 2.45) is 0 Å². The van der Waals surface area contributed by atoms with Crippen LogP contribution in [0.1, 0.15) is 33.6 Å². The summed E-state index contributed by atoms with van der Waals surface area (Å²) in [6, 6.07) is 10.8. The molecule has 1 aromatic carbocycles. The van der Waals surface area contributed by atoms with Crippen LogP contribution in [0.25, 0.3) is 10.9 Å². The highest BCUT2D eigenvalue weighted by Gasteiger charge is 2.11. The molecule has 0 saturated carbocycles. The molecule has 2 heterocycles. The number of hydrogen-bond donors (Lipinski definition) is 1. The molecular weight excluding hydrogens is 264 g/mol. The Morgan fingerprint density at radius 1 is 0.905 bits per heavy atom. The van der Waals surface area contributed by atoms with Crippen LogP contribution in [0.2, 0.25) is 0 Å². The molecule has 0 aliphatic heterocycles. The third-order valence-corrected chi connectivity index (χ3v) is 3.46. The van der Waals surface area contributed by atoms with E-state index in [4.69, 9.17) is 0 Å². The van der Waals surface area contributed by atoms with Crippen LogP contribution in [-0.4, -0.2) is 21.5 Å². The van der Waals surface area contributed by atoms with E-state index < -0.39 is 0 Å². The fourth-order valence-corrected chi connectivity index (χ4v) is 2.28. The average molecular weight is 278 g/mol. The third kappa shape index (κ3) is 2.89. The minimum Gasteiger partial charge on any atom is -0.361 e. The molecular formula is C17H14N2O2. The van der Waals surface area contributed by atoms with Gasteiger partial charge in [0.15, 0.2) is 11.6 Å². The van der Waals surface area contributed by atoms with Gasteiger partial charge in [0.05, 0.1) is 0 Å². The lowest BCUT2D eigenvalue weighted by atomic mass is 10.0. The van der Waals surface area contributed by atoms with Crippen molar-refractivity contribution >= 4 is 22.5 Å². The number of aromatic amines is 1. The standard InChI is InChI=1S/C17H14N2O2/c20-16(12-5-8-18-9-6-12)3-4-17(21)14-1-2-15-13(11-14)7-10-19-15/h1-2,5-11,19H,3-4H2. The number of hydrogen-bond acceptors (Lipinski definition) is 3. The van der Waals surface area contributed by atoms with Crippen LogP contribution in [0, 0.1) is 0 Å². The van der Waals surface area contributed by atoms with Crippen molar-refractivity contribution in [1.82, 2.24) is 9.97 Å². The minimum atomic E-state index is -0.0338.